The van der Waals surface area contributed by atoms with E-state index >= 15 is 0 Å². The molecule has 0 saturated carbocycles. The first-order chi connectivity index (χ1) is 9.72. The molecule has 1 aliphatic heterocycles. The molecule has 0 bridgehead atoms. The van der Waals surface area contributed by atoms with Crippen LogP contribution in [-0.2, 0) is 11.3 Å². The lowest BCUT2D eigenvalue weighted by Crippen LogP contribution is -2.42. The maximum Gasteiger partial charge on any atom is 0.287 e. The lowest BCUT2D eigenvalue weighted by Gasteiger charge is -2.24. The van der Waals surface area contributed by atoms with E-state index in [9.17, 15) is 4.79 Å². The van der Waals surface area contributed by atoms with E-state index in [4.69, 9.17) is 16.3 Å². The summed E-state index contributed by atoms with van der Waals surface area (Å²) in [6.45, 7) is 5.66. The van der Waals surface area contributed by atoms with E-state index in [1.54, 1.807) is 6.20 Å². The van der Waals surface area contributed by atoms with Crippen LogP contribution in [0.25, 0.3) is 0 Å². The fourth-order valence-electron chi connectivity index (χ4n) is 2.03. The Labute approximate surface area is 123 Å². The maximum absolute atomic E-state index is 12.0. The number of hydrogen-bond donors (Lipinski definition) is 2. The second-order valence-corrected chi connectivity index (χ2v) is 5.21. The molecule has 0 radical (unpaired) electrons. The van der Waals surface area contributed by atoms with Crippen LogP contribution in [0.3, 0.4) is 0 Å². The van der Waals surface area contributed by atoms with Gasteiger partial charge in [-0.15, -0.1) is 0 Å². The van der Waals surface area contributed by atoms with E-state index in [0.29, 0.717) is 25.4 Å². The van der Waals surface area contributed by atoms with E-state index in [0.717, 1.165) is 25.9 Å². The van der Waals surface area contributed by atoms with Crippen LogP contribution in [-0.4, -0.2) is 42.1 Å². The third-order valence-electron chi connectivity index (χ3n) is 3.23. The summed E-state index contributed by atoms with van der Waals surface area (Å²) in [4.78, 5) is 12.0. The number of anilines is 1. The monoisotopic (exact) mass is 300 g/mol. The summed E-state index contributed by atoms with van der Waals surface area (Å²) in [6.07, 6.45) is 3.62. The van der Waals surface area contributed by atoms with E-state index in [1.165, 1.54) is 4.68 Å². The van der Waals surface area contributed by atoms with Crippen molar-refractivity contribution in [1.82, 2.24) is 15.1 Å². The van der Waals surface area contributed by atoms with Gasteiger partial charge in [0.25, 0.3) is 5.56 Å². The lowest BCUT2D eigenvalue weighted by atomic mass is 10.3. The third kappa shape index (κ3) is 3.94. The van der Waals surface area contributed by atoms with Gasteiger partial charge in [-0.3, -0.25) is 4.79 Å². The molecule has 1 aliphatic rings. The number of halogens is 1. The first-order valence-electron chi connectivity index (χ1n) is 7.04. The van der Waals surface area contributed by atoms with Gasteiger partial charge >= 0.3 is 0 Å². The molecule has 1 aromatic heterocycles. The molecule has 1 fully saturated rings. The van der Waals surface area contributed by atoms with E-state index in [1.807, 2.05) is 0 Å². The molecule has 1 unspecified atom stereocenters. The second kappa shape index (κ2) is 7.61. The van der Waals surface area contributed by atoms with Crippen LogP contribution in [0.1, 0.15) is 19.8 Å². The number of aromatic nitrogens is 2. The molecule has 2 rings (SSSR count). The van der Waals surface area contributed by atoms with Gasteiger partial charge in [0.05, 0.1) is 24.6 Å². The summed E-state index contributed by atoms with van der Waals surface area (Å²) < 4.78 is 6.99. The van der Waals surface area contributed by atoms with Gasteiger partial charge in [-0.2, -0.15) is 5.10 Å². The van der Waals surface area contributed by atoms with Crippen LogP contribution in [0, 0.1) is 0 Å². The van der Waals surface area contributed by atoms with Gasteiger partial charge in [0, 0.05) is 26.2 Å². The Bertz CT molecular complexity index is 486. The van der Waals surface area contributed by atoms with Gasteiger partial charge in [-0.1, -0.05) is 24.9 Å². The Morgan fingerprint density at radius 1 is 1.65 bits per heavy atom. The number of hydrogen-bond acceptors (Lipinski definition) is 5. The maximum atomic E-state index is 12.0. The minimum atomic E-state index is -0.243. The van der Waals surface area contributed by atoms with E-state index in [2.05, 4.69) is 22.7 Å². The predicted molar refractivity (Wildman–Crippen MR) is 79.5 cm³/mol. The van der Waals surface area contributed by atoms with Gasteiger partial charge in [-0.05, 0) is 6.42 Å². The average Bonchev–Trinajstić information content (AvgIpc) is 2.49. The van der Waals surface area contributed by atoms with E-state index in [-0.39, 0.29) is 16.7 Å². The van der Waals surface area contributed by atoms with Crippen molar-refractivity contribution in [2.75, 3.05) is 31.6 Å². The minimum absolute atomic E-state index is 0.0855. The molecule has 20 heavy (non-hydrogen) atoms. The highest BCUT2D eigenvalue weighted by Crippen LogP contribution is 2.15. The molecule has 0 aliphatic carbocycles. The molecule has 1 saturated heterocycles. The van der Waals surface area contributed by atoms with Crippen molar-refractivity contribution in [3.05, 3.63) is 21.6 Å². The Balaban J connectivity index is 1.97. The van der Waals surface area contributed by atoms with Crippen molar-refractivity contribution in [3.8, 4) is 0 Å². The van der Waals surface area contributed by atoms with Crippen molar-refractivity contribution < 1.29 is 4.74 Å². The van der Waals surface area contributed by atoms with Crippen LogP contribution in [0.2, 0.25) is 5.02 Å². The number of nitrogens with one attached hydrogen (secondary N) is 2. The summed E-state index contributed by atoms with van der Waals surface area (Å²) in [5.74, 6) is 0. The zero-order chi connectivity index (χ0) is 14.4. The van der Waals surface area contributed by atoms with Crippen molar-refractivity contribution in [2.45, 2.75) is 32.4 Å². The van der Waals surface area contributed by atoms with Crippen LogP contribution >= 0.6 is 11.6 Å². The summed E-state index contributed by atoms with van der Waals surface area (Å²) in [5, 5.41) is 10.7. The fourth-order valence-corrected chi connectivity index (χ4v) is 2.24. The van der Waals surface area contributed by atoms with Crippen molar-refractivity contribution in [1.29, 1.82) is 0 Å². The molecule has 2 N–H and O–H groups in total. The molecule has 1 atom stereocenters. The lowest BCUT2D eigenvalue weighted by molar-refractivity contribution is 0.0372. The molecule has 0 spiro atoms. The van der Waals surface area contributed by atoms with Gasteiger partial charge in [0.2, 0.25) is 0 Å². The van der Waals surface area contributed by atoms with E-state index < -0.39 is 0 Å². The van der Waals surface area contributed by atoms with Gasteiger partial charge in [0.1, 0.15) is 5.02 Å². The van der Waals surface area contributed by atoms with Crippen LogP contribution in [0.4, 0.5) is 5.69 Å². The zero-order valence-corrected chi connectivity index (χ0v) is 12.4. The number of unbranched alkanes of at least 4 members (excludes halogenated alkanes) is 1. The minimum Gasteiger partial charge on any atom is -0.380 e. The van der Waals surface area contributed by atoms with Crippen molar-refractivity contribution >= 4 is 17.3 Å². The highest BCUT2D eigenvalue weighted by atomic mass is 35.5. The Morgan fingerprint density at radius 2 is 2.50 bits per heavy atom. The molecule has 0 amide bonds. The molecule has 112 valence electrons. The Kier molecular flexibility index (Phi) is 5.82. The molecular formula is C13H21ClN4O2. The normalized spacial score (nSPS) is 19.0. The molecule has 1 aromatic rings. The molecule has 6 nitrogen and oxygen atoms in total. The zero-order valence-electron chi connectivity index (χ0n) is 11.7. The predicted octanol–water partition coefficient (Wildman–Crippen LogP) is 1.10. The smallest absolute Gasteiger partial charge is 0.287 e. The quantitative estimate of drug-likeness (QED) is 0.823. The first kappa shape index (κ1) is 15.3. The summed E-state index contributed by atoms with van der Waals surface area (Å²) in [7, 11) is 0. The Hall–Kier alpha value is -1.11. The van der Waals surface area contributed by atoms with Gasteiger partial charge in [-0.25, -0.2) is 4.68 Å². The fraction of sp³-hybridized carbons (Fsp3) is 0.692. The highest BCUT2D eigenvalue weighted by Gasteiger charge is 2.15. The molecule has 7 heteroatoms. The summed E-state index contributed by atoms with van der Waals surface area (Å²) in [6, 6.07) is 0. The number of ether oxygens (including phenoxy) is 1. The second-order valence-electron chi connectivity index (χ2n) is 4.83. The third-order valence-corrected chi connectivity index (χ3v) is 3.60. The highest BCUT2D eigenvalue weighted by molar-refractivity contribution is 6.32. The van der Waals surface area contributed by atoms with Crippen LogP contribution < -0.4 is 16.2 Å². The molecular weight excluding hydrogens is 280 g/mol. The van der Waals surface area contributed by atoms with Gasteiger partial charge < -0.3 is 15.4 Å². The number of morpholine rings is 1. The van der Waals surface area contributed by atoms with Crippen LogP contribution in [0.5, 0.6) is 0 Å². The number of nitrogens with zero attached hydrogens (tertiary/aromatic N) is 2. The Morgan fingerprint density at radius 3 is 3.20 bits per heavy atom. The average molecular weight is 301 g/mol. The number of aryl methyl sites for hydroxylation is 1. The van der Waals surface area contributed by atoms with Crippen LogP contribution in [0.15, 0.2) is 11.0 Å². The topological polar surface area (TPSA) is 68.2 Å². The summed E-state index contributed by atoms with van der Waals surface area (Å²) >= 11 is 6.10. The number of rotatable bonds is 6. The molecule has 2 heterocycles. The first-order valence-corrected chi connectivity index (χ1v) is 7.42. The van der Waals surface area contributed by atoms with Crippen molar-refractivity contribution in [3.63, 3.8) is 0 Å². The molecule has 0 aromatic carbocycles. The van der Waals surface area contributed by atoms with Crippen molar-refractivity contribution in [2.24, 2.45) is 0 Å². The SMILES string of the molecule is CCCCn1ncc(NCC2CNCCO2)c(Cl)c1=O. The largest absolute Gasteiger partial charge is 0.380 e. The van der Waals surface area contributed by atoms with Gasteiger partial charge in [0.15, 0.2) is 0 Å². The summed E-state index contributed by atoms with van der Waals surface area (Å²) in [5.41, 5.74) is 0.325. The standard InChI is InChI=1S/C13H21ClN4O2/c1-2-3-5-18-13(19)12(14)11(9-17-18)16-8-10-7-15-4-6-20-10/h9-10,15-16H,2-8H2,1H3.